The van der Waals surface area contributed by atoms with Gasteiger partial charge in [-0.3, -0.25) is 4.79 Å². The fourth-order valence-corrected chi connectivity index (χ4v) is 4.41. The van der Waals surface area contributed by atoms with Gasteiger partial charge in [-0.15, -0.1) is 11.3 Å². The maximum atomic E-state index is 12.2. The van der Waals surface area contributed by atoms with Gasteiger partial charge in [-0.05, 0) is 54.5 Å². The van der Waals surface area contributed by atoms with Crippen molar-refractivity contribution in [2.45, 2.75) is 32.7 Å². The maximum absolute atomic E-state index is 12.2. The molecular weight excluding hydrogens is 366 g/mol. The number of esters is 1. The van der Waals surface area contributed by atoms with Gasteiger partial charge in [0.25, 0.3) is 5.91 Å². The zero-order chi connectivity index (χ0) is 18.8. The minimum absolute atomic E-state index is 0.214. The molecule has 0 radical (unpaired) electrons. The van der Waals surface area contributed by atoms with Gasteiger partial charge in [-0.25, -0.2) is 4.79 Å². The van der Waals surface area contributed by atoms with Crippen molar-refractivity contribution in [3.8, 4) is 11.5 Å². The van der Waals surface area contributed by atoms with Crippen molar-refractivity contribution >= 4 is 23.2 Å². The van der Waals surface area contributed by atoms with E-state index in [9.17, 15) is 9.59 Å². The van der Waals surface area contributed by atoms with E-state index in [-0.39, 0.29) is 19.3 Å². The van der Waals surface area contributed by atoms with Crippen LogP contribution in [0.15, 0.2) is 24.3 Å². The Kier molecular flexibility index (Phi) is 5.03. The van der Waals surface area contributed by atoms with E-state index in [2.05, 4.69) is 12.2 Å². The molecule has 2 heterocycles. The van der Waals surface area contributed by atoms with Crippen LogP contribution < -0.4 is 14.8 Å². The number of aryl methyl sites for hydroxylation is 1. The molecule has 0 fully saturated rings. The molecule has 1 aromatic carbocycles. The van der Waals surface area contributed by atoms with Crippen LogP contribution in [-0.2, 0) is 28.9 Å². The molecule has 0 saturated heterocycles. The van der Waals surface area contributed by atoms with Crippen molar-refractivity contribution in [2.75, 3.05) is 13.4 Å². The smallest absolute Gasteiger partial charge is 0.348 e. The van der Waals surface area contributed by atoms with E-state index in [0.717, 1.165) is 24.8 Å². The lowest BCUT2D eigenvalue weighted by atomic mass is 9.90. The van der Waals surface area contributed by atoms with Crippen LogP contribution in [0.5, 0.6) is 11.5 Å². The minimum Gasteiger partial charge on any atom is -0.454 e. The first-order valence-corrected chi connectivity index (χ1v) is 9.84. The molecule has 1 aliphatic heterocycles. The Morgan fingerprint density at radius 1 is 1.26 bits per heavy atom. The molecule has 27 heavy (non-hydrogen) atoms. The van der Waals surface area contributed by atoms with Crippen LogP contribution in [0.1, 0.15) is 39.0 Å². The van der Waals surface area contributed by atoms with Gasteiger partial charge in [0.2, 0.25) is 6.79 Å². The van der Waals surface area contributed by atoms with Gasteiger partial charge in [-0.2, -0.15) is 0 Å². The molecule has 2 aromatic rings. The minimum atomic E-state index is -0.430. The number of benzene rings is 1. The summed E-state index contributed by atoms with van der Waals surface area (Å²) in [4.78, 5) is 26.1. The Bertz CT molecular complexity index is 875. The van der Waals surface area contributed by atoms with Gasteiger partial charge >= 0.3 is 5.97 Å². The standard InChI is InChI=1S/C20H21NO5S/c1-12-2-5-17-14(6-12)8-18(27-17)20(23)24-10-19(22)21-9-13-3-4-15-16(7-13)26-11-25-15/h3-4,7-8,12H,2,5-6,9-11H2,1H3,(H,21,22). The first-order valence-electron chi connectivity index (χ1n) is 9.02. The van der Waals surface area contributed by atoms with Crippen molar-refractivity contribution in [3.63, 3.8) is 0 Å². The second-order valence-electron chi connectivity index (χ2n) is 6.95. The van der Waals surface area contributed by atoms with Crippen molar-refractivity contribution < 1.29 is 23.8 Å². The SMILES string of the molecule is CC1CCc2sc(C(=O)OCC(=O)NCc3ccc4c(c3)OCO4)cc2C1. The van der Waals surface area contributed by atoms with Gasteiger partial charge in [0.15, 0.2) is 18.1 Å². The normalized spacial score (nSPS) is 17.3. The molecule has 1 unspecified atom stereocenters. The molecule has 2 aliphatic rings. The second kappa shape index (κ2) is 7.60. The Labute approximate surface area is 161 Å². The van der Waals surface area contributed by atoms with E-state index < -0.39 is 5.97 Å². The number of fused-ring (bicyclic) bond motifs is 2. The van der Waals surface area contributed by atoms with Crippen LogP contribution in [-0.4, -0.2) is 25.3 Å². The van der Waals surface area contributed by atoms with Crippen LogP contribution in [0.4, 0.5) is 0 Å². The molecule has 0 spiro atoms. The summed E-state index contributed by atoms with van der Waals surface area (Å²) < 4.78 is 15.7. The molecule has 1 N–H and O–H groups in total. The van der Waals surface area contributed by atoms with Gasteiger partial charge < -0.3 is 19.5 Å². The Morgan fingerprint density at radius 2 is 2.11 bits per heavy atom. The molecule has 1 aliphatic carbocycles. The number of amides is 1. The lowest BCUT2D eigenvalue weighted by molar-refractivity contribution is -0.124. The highest BCUT2D eigenvalue weighted by Gasteiger charge is 2.22. The maximum Gasteiger partial charge on any atom is 0.348 e. The largest absolute Gasteiger partial charge is 0.454 e. The second-order valence-corrected chi connectivity index (χ2v) is 8.08. The van der Waals surface area contributed by atoms with Crippen molar-refractivity contribution in [3.05, 3.63) is 45.1 Å². The molecule has 142 valence electrons. The summed E-state index contributed by atoms with van der Waals surface area (Å²) in [5, 5.41) is 2.74. The molecular formula is C20H21NO5S. The lowest BCUT2D eigenvalue weighted by Gasteiger charge is -2.16. The Morgan fingerprint density at radius 3 is 3.00 bits per heavy atom. The molecule has 6 nitrogen and oxygen atoms in total. The van der Waals surface area contributed by atoms with E-state index in [1.807, 2.05) is 24.3 Å². The first-order chi connectivity index (χ1) is 13.1. The average molecular weight is 387 g/mol. The van der Waals surface area contributed by atoms with E-state index in [0.29, 0.717) is 28.8 Å². The molecule has 1 atom stereocenters. The lowest BCUT2D eigenvalue weighted by Crippen LogP contribution is -2.28. The molecule has 0 bridgehead atoms. The number of nitrogens with one attached hydrogen (secondary N) is 1. The molecule has 4 rings (SSSR count). The highest BCUT2D eigenvalue weighted by atomic mass is 32.1. The predicted octanol–water partition coefficient (Wildman–Crippen LogP) is 3.07. The molecule has 1 amide bonds. The third kappa shape index (κ3) is 4.08. The Hall–Kier alpha value is -2.54. The summed E-state index contributed by atoms with van der Waals surface area (Å²) in [7, 11) is 0. The highest BCUT2D eigenvalue weighted by Crippen LogP contribution is 2.33. The number of carbonyl (C=O) groups excluding carboxylic acids is 2. The third-order valence-corrected chi connectivity index (χ3v) is 6.01. The van der Waals surface area contributed by atoms with E-state index in [4.69, 9.17) is 14.2 Å². The topological polar surface area (TPSA) is 73.9 Å². The van der Waals surface area contributed by atoms with Gasteiger partial charge in [-0.1, -0.05) is 13.0 Å². The summed E-state index contributed by atoms with van der Waals surface area (Å²) in [6, 6.07) is 7.41. The van der Waals surface area contributed by atoms with Crippen LogP contribution in [0.2, 0.25) is 0 Å². The van der Waals surface area contributed by atoms with Crippen LogP contribution in [0.25, 0.3) is 0 Å². The number of rotatable bonds is 5. The highest BCUT2D eigenvalue weighted by molar-refractivity contribution is 7.14. The third-order valence-electron chi connectivity index (χ3n) is 4.79. The van der Waals surface area contributed by atoms with Crippen LogP contribution in [0.3, 0.4) is 0 Å². The van der Waals surface area contributed by atoms with Crippen LogP contribution >= 0.6 is 11.3 Å². The summed E-state index contributed by atoms with van der Waals surface area (Å²) >= 11 is 1.49. The summed E-state index contributed by atoms with van der Waals surface area (Å²) in [6.07, 6.45) is 3.18. The number of thiophene rings is 1. The molecule has 1 aromatic heterocycles. The molecule has 0 saturated carbocycles. The summed E-state index contributed by atoms with van der Waals surface area (Å²) in [5.74, 6) is 1.25. The van der Waals surface area contributed by atoms with Crippen molar-refractivity contribution in [2.24, 2.45) is 5.92 Å². The zero-order valence-electron chi connectivity index (χ0n) is 15.1. The quantitative estimate of drug-likeness (QED) is 0.798. The predicted molar refractivity (Wildman–Crippen MR) is 100 cm³/mol. The number of hydrogen-bond acceptors (Lipinski definition) is 6. The van der Waals surface area contributed by atoms with Gasteiger partial charge in [0.1, 0.15) is 4.88 Å². The van der Waals surface area contributed by atoms with E-state index >= 15 is 0 Å². The molecule has 7 heteroatoms. The fraction of sp³-hybridized carbons (Fsp3) is 0.400. The summed E-state index contributed by atoms with van der Waals surface area (Å²) in [5.41, 5.74) is 2.14. The van der Waals surface area contributed by atoms with Crippen molar-refractivity contribution in [1.29, 1.82) is 0 Å². The summed E-state index contributed by atoms with van der Waals surface area (Å²) in [6.45, 7) is 2.48. The number of carbonyl (C=O) groups is 2. The zero-order valence-corrected chi connectivity index (χ0v) is 15.9. The van der Waals surface area contributed by atoms with Crippen molar-refractivity contribution in [1.82, 2.24) is 5.32 Å². The van der Waals surface area contributed by atoms with Gasteiger partial charge in [0, 0.05) is 11.4 Å². The van der Waals surface area contributed by atoms with E-state index in [1.54, 1.807) is 0 Å². The average Bonchev–Trinajstić information content (AvgIpc) is 3.30. The van der Waals surface area contributed by atoms with E-state index in [1.165, 1.54) is 21.8 Å². The van der Waals surface area contributed by atoms with Crippen LogP contribution in [0, 0.1) is 5.92 Å². The monoisotopic (exact) mass is 387 g/mol. The van der Waals surface area contributed by atoms with Gasteiger partial charge in [0.05, 0.1) is 0 Å². The first kappa shape index (κ1) is 17.9. The number of hydrogen-bond donors (Lipinski definition) is 1. The fourth-order valence-electron chi connectivity index (χ4n) is 3.31. The Balaban J connectivity index is 1.26. The number of ether oxygens (including phenoxy) is 3.